The molecule has 0 aromatic heterocycles. The number of carbonyl (C=O) groups is 1. The topological polar surface area (TPSA) is 46.3 Å². The van der Waals surface area contributed by atoms with Crippen molar-refractivity contribution < 1.29 is 4.79 Å². The normalized spacial score (nSPS) is 13.5. The first-order valence-electron chi connectivity index (χ1n) is 6.83. The van der Waals surface area contributed by atoms with Crippen molar-refractivity contribution in [1.29, 1.82) is 0 Å². The third kappa shape index (κ3) is 6.20. The van der Waals surface area contributed by atoms with Crippen LogP contribution in [0.5, 0.6) is 0 Å². The van der Waals surface area contributed by atoms with Gasteiger partial charge in [0, 0.05) is 18.5 Å². The Morgan fingerprint density at radius 2 is 1.94 bits per heavy atom. The number of carbonyl (C=O) groups excluding carboxylic acids is 1. The Balaban J connectivity index is 4.63. The number of nitrogens with two attached hydrogens (primary N) is 1. The number of nitrogens with zero attached hydrogens (tertiary/aromatic N) is 1. The lowest BCUT2D eigenvalue weighted by Gasteiger charge is -2.36. The molecule has 0 saturated heterocycles. The van der Waals surface area contributed by atoms with Crippen LogP contribution in [0.4, 0.5) is 0 Å². The third-order valence-corrected chi connectivity index (χ3v) is 3.02. The maximum absolute atomic E-state index is 12.4. The number of hydrogen-bond acceptors (Lipinski definition) is 2. The second-order valence-electron chi connectivity index (χ2n) is 6.40. The number of hydrogen-bond donors (Lipinski definition) is 1. The van der Waals surface area contributed by atoms with E-state index in [4.69, 9.17) is 5.73 Å². The molecule has 0 aliphatic rings. The molecule has 1 atom stereocenters. The molecule has 0 rings (SSSR count). The van der Waals surface area contributed by atoms with E-state index in [-0.39, 0.29) is 17.4 Å². The summed E-state index contributed by atoms with van der Waals surface area (Å²) in [5.41, 5.74) is 5.60. The summed E-state index contributed by atoms with van der Waals surface area (Å²) in [5, 5.41) is 0. The quantitative estimate of drug-likeness (QED) is 0.710. The molecule has 1 amide bonds. The zero-order valence-electron chi connectivity index (χ0n) is 12.7. The molecule has 0 spiro atoms. The van der Waals surface area contributed by atoms with Crippen molar-refractivity contribution in [2.45, 2.75) is 53.0 Å². The van der Waals surface area contributed by atoms with Crippen LogP contribution in [0.25, 0.3) is 0 Å². The average Bonchev–Trinajstić information content (AvgIpc) is 2.22. The smallest absolute Gasteiger partial charge is 0.223 e. The van der Waals surface area contributed by atoms with Crippen LogP contribution in [0, 0.1) is 11.8 Å². The summed E-state index contributed by atoms with van der Waals surface area (Å²) in [7, 11) is 0. The second-order valence-corrected chi connectivity index (χ2v) is 6.40. The molecule has 0 radical (unpaired) electrons. The van der Waals surface area contributed by atoms with Gasteiger partial charge in [-0.05, 0) is 45.6 Å². The average molecular weight is 254 g/mol. The van der Waals surface area contributed by atoms with Crippen LogP contribution in [0.3, 0.4) is 0 Å². The highest BCUT2D eigenvalue weighted by molar-refractivity contribution is 5.77. The minimum absolute atomic E-state index is 0.164. The van der Waals surface area contributed by atoms with Gasteiger partial charge in [0.2, 0.25) is 5.91 Å². The van der Waals surface area contributed by atoms with Crippen LogP contribution >= 0.6 is 0 Å². The van der Waals surface area contributed by atoms with Crippen LogP contribution in [0.1, 0.15) is 47.5 Å². The highest BCUT2D eigenvalue weighted by Gasteiger charge is 2.26. The van der Waals surface area contributed by atoms with Gasteiger partial charge in [0.15, 0.2) is 0 Å². The molecule has 3 heteroatoms. The predicted molar refractivity (Wildman–Crippen MR) is 78.3 cm³/mol. The molecule has 0 saturated carbocycles. The standard InChI is InChI=1S/C15H30N2O/c1-7-8-17(15(4,5)6)14(18)10-13(11-16)9-12(2)3/h7,12-13H,1,8-11,16H2,2-6H3. The van der Waals surface area contributed by atoms with Gasteiger partial charge in [-0.1, -0.05) is 19.9 Å². The minimum Gasteiger partial charge on any atom is -0.334 e. The zero-order valence-corrected chi connectivity index (χ0v) is 12.7. The highest BCUT2D eigenvalue weighted by atomic mass is 16.2. The van der Waals surface area contributed by atoms with E-state index in [0.29, 0.717) is 25.4 Å². The maximum atomic E-state index is 12.4. The van der Waals surface area contributed by atoms with Crippen LogP contribution in [-0.4, -0.2) is 29.4 Å². The largest absolute Gasteiger partial charge is 0.334 e. The summed E-state index contributed by atoms with van der Waals surface area (Å²) < 4.78 is 0. The third-order valence-electron chi connectivity index (χ3n) is 3.02. The van der Waals surface area contributed by atoms with Gasteiger partial charge in [0.25, 0.3) is 0 Å². The summed E-state index contributed by atoms with van der Waals surface area (Å²) in [4.78, 5) is 14.2. The Morgan fingerprint density at radius 3 is 2.28 bits per heavy atom. The molecule has 18 heavy (non-hydrogen) atoms. The molecule has 3 nitrogen and oxygen atoms in total. The first-order chi connectivity index (χ1) is 8.22. The zero-order chi connectivity index (χ0) is 14.3. The molecular weight excluding hydrogens is 224 g/mol. The minimum atomic E-state index is -0.164. The fourth-order valence-electron chi connectivity index (χ4n) is 2.17. The van der Waals surface area contributed by atoms with Gasteiger partial charge < -0.3 is 10.6 Å². The van der Waals surface area contributed by atoms with Gasteiger partial charge in [0.05, 0.1) is 0 Å². The van der Waals surface area contributed by atoms with E-state index in [9.17, 15) is 4.79 Å². The van der Waals surface area contributed by atoms with Gasteiger partial charge in [-0.15, -0.1) is 6.58 Å². The lowest BCUT2D eigenvalue weighted by molar-refractivity contribution is -0.136. The van der Waals surface area contributed by atoms with Crippen LogP contribution in [0.15, 0.2) is 12.7 Å². The van der Waals surface area contributed by atoms with E-state index in [1.165, 1.54) is 0 Å². The fraction of sp³-hybridized carbons (Fsp3) is 0.800. The first-order valence-corrected chi connectivity index (χ1v) is 6.83. The van der Waals surface area contributed by atoms with Crippen molar-refractivity contribution >= 4 is 5.91 Å². The highest BCUT2D eigenvalue weighted by Crippen LogP contribution is 2.20. The van der Waals surface area contributed by atoms with Crippen molar-refractivity contribution in [3.63, 3.8) is 0 Å². The monoisotopic (exact) mass is 254 g/mol. The van der Waals surface area contributed by atoms with E-state index in [0.717, 1.165) is 6.42 Å². The van der Waals surface area contributed by atoms with E-state index in [2.05, 4.69) is 20.4 Å². The first kappa shape index (κ1) is 17.2. The Morgan fingerprint density at radius 1 is 1.39 bits per heavy atom. The van der Waals surface area contributed by atoms with Gasteiger partial charge >= 0.3 is 0 Å². The Kier molecular flexibility index (Phi) is 7.22. The summed E-state index contributed by atoms with van der Waals surface area (Å²) in [5.74, 6) is 1.04. The molecule has 0 aliphatic heterocycles. The Labute approximate surface area is 112 Å². The van der Waals surface area contributed by atoms with Crippen molar-refractivity contribution in [3.8, 4) is 0 Å². The molecule has 0 aromatic carbocycles. The lowest BCUT2D eigenvalue weighted by Crippen LogP contribution is -2.46. The Hall–Kier alpha value is -0.830. The van der Waals surface area contributed by atoms with Gasteiger partial charge in [-0.3, -0.25) is 4.79 Å². The molecule has 106 valence electrons. The SMILES string of the molecule is C=CCN(C(=O)CC(CN)CC(C)C)C(C)(C)C. The van der Waals surface area contributed by atoms with Gasteiger partial charge in [-0.25, -0.2) is 0 Å². The maximum Gasteiger partial charge on any atom is 0.223 e. The van der Waals surface area contributed by atoms with E-state index < -0.39 is 0 Å². The molecule has 1 unspecified atom stereocenters. The number of rotatable bonds is 7. The molecule has 0 fully saturated rings. The van der Waals surface area contributed by atoms with Crippen molar-refractivity contribution in [1.82, 2.24) is 4.90 Å². The molecule has 0 aliphatic carbocycles. The van der Waals surface area contributed by atoms with Crippen molar-refractivity contribution in [2.24, 2.45) is 17.6 Å². The molecule has 0 bridgehead atoms. The molecule has 0 heterocycles. The molecular formula is C15H30N2O. The summed E-state index contributed by atoms with van der Waals surface area (Å²) >= 11 is 0. The van der Waals surface area contributed by atoms with Crippen LogP contribution in [0.2, 0.25) is 0 Å². The van der Waals surface area contributed by atoms with E-state index in [1.807, 2.05) is 25.7 Å². The molecule has 2 N–H and O–H groups in total. The van der Waals surface area contributed by atoms with Crippen LogP contribution in [-0.2, 0) is 4.79 Å². The number of amides is 1. The lowest BCUT2D eigenvalue weighted by atomic mass is 9.93. The summed E-state index contributed by atoms with van der Waals surface area (Å²) in [6.07, 6.45) is 3.33. The van der Waals surface area contributed by atoms with Crippen molar-refractivity contribution in [2.75, 3.05) is 13.1 Å². The van der Waals surface area contributed by atoms with Crippen LogP contribution < -0.4 is 5.73 Å². The van der Waals surface area contributed by atoms with E-state index in [1.54, 1.807) is 6.08 Å². The molecule has 0 aromatic rings. The van der Waals surface area contributed by atoms with Crippen molar-refractivity contribution in [3.05, 3.63) is 12.7 Å². The summed E-state index contributed by atoms with van der Waals surface area (Å²) in [6.45, 7) is 15.4. The Bertz CT molecular complexity index is 266. The second kappa shape index (κ2) is 7.57. The predicted octanol–water partition coefficient (Wildman–Crippen LogP) is 2.81. The fourth-order valence-corrected chi connectivity index (χ4v) is 2.17. The van der Waals surface area contributed by atoms with E-state index >= 15 is 0 Å². The summed E-state index contributed by atoms with van der Waals surface area (Å²) in [6, 6.07) is 0. The van der Waals surface area contributed by atoms with Gasteiger partial charge in [0.1, 0.15) is 0 Å². The van der Waals surface area contributed by atoms with Gasteiger partial charge in [-0.2, -0.15) is 0 Å².